The highest BCUT2D eigenvalue weighted by molar-refractivity contribution is 5.80. The lowest BCUT2D eigenvalue weighted by Gasteiger charge is -2.31. The van der Waals surface area contributed by atoms with E-state index in [2.05, 4.69) is 6.92 Å². The third-order valence-corrected chi connectivity index (χ3v) is 3.58. The van der Waals surface area contributed by atoms with Gasteiger partial charge in [0.25, 0.3) is 5.91 Å². The quantitative estimate of drug-likeness (QED) is 0.706. The molecule has 1 aliphatic carbocycles. The van der Waals surface area contributed by atoms with Crippen molar-refractivity contribution in [2.24, 2.45) is 5.92 Å². The molecule has 0 aromatic heterocycles. The van der Waals surface area contributed by atoms with Crippen LogP contribution in [0.15, 0.2) is 0 Å². The normalized spacial score (nSPS) is 25.2. The number of amides is 1. The molecule has 1 aliphatic rings. The minimum Gasteiger partial charge on any atom is -0.365 e. The van der Waals surface area contributed by atoms with E-state index in [1.54, 1.807) is 7.05 Å². The molecule has 4 heteroatoms. The first kappa shape index (κ1) is 15.0. The Bertz CT molecular complexity index is 311. The number of nitrogens with zero attached hydrogens (tertiary/aromatic N) is 2. The maximum atomic E-state index is 12.1. The van der Waals surface area contributed by atoms with Crippen molar-refractivity contribution in [2.45, 2.75) is 58.2 Å². The molecule has 0 heterocycles. The molecule has 1 rings (SSSR count). The predicted octanol–water partition coefficient (Wildman–Crippen LogP) is 2.34. The van der Waals surface area contributed by atoms with Gasteiger partial charge in [-0.15, -0.1) is 0 Å². The molecular formula is C14H24N2O2. The van der Waals surface area contributed by atoms with Crippen LogP contribution in [0.25, 0.3) is 0 Å². The fourth-order valence-corrected chi connectivity index (χ4v) is 2.49. The van der Waals surface area contributed by atoms with E-state index < -0.39 is 6.10 Å². The number of carbonyl (C=O) groups is 1. The van der Waals surface area contributed by atoms with Crippen molar-refractivity contribution in [3.8, 4) is 6.07 Å². The van der Waals surface area contributed by atoms with Gasteiger partial charge in [0.05, 0.1) is 12.2 Å². The monoisotopic (exact) mass is 252 g/mol. The fraction of sp³-hybridized carbons (Fsp3) is 0.857. The molecule has 0 aliphatic heterocycles. The van der Waals surface area contributed by atoms with Gasteiger partial charge in [-0.25, -0.2) is 0 Å². The number of likely N-dealkylation sites (N-methyl/N-ethyl adjacent to an activating group) is 1. The van der Waals surface area contributed by atoms with Gasteiger partial charge in [-0.1, -0.05) is 26.7 Å². The second-order valence-corrected chi connectivity index (χ2v) is 5.28. The lowest BCUT2D eigenvalue weighted by molar-refractivity contribution is -0.147. The lowest BCUT2D eigenvalue weighted by atomic mass is 9.88. The van der Waals surface area contributed by atoms with Crippen molar-refractivity contribution in [1.82, 2.24) is 4.90 Å². The van der Waals surface area contributed by atoms with Crippen LogP contribution in [0.1, 0.15) is 46.0 Å². The second kappa shape index (κ2) is 7.38. The van der Waals surface area contributed by atoms with Crippen molar-refractivity contribution in [2.75, 3.05) is 13.6 Å². The van der Waals surface area contributed by atoms with Crippen LogP contribution in [0.2, 0.25) is 0 Å². The van der Waals surface area contributed by atoms with Crippen LogP contribution in [0.4, 0.5) is 0 Å². The van der Waals surface area contributed by atoms with Gasteiger partial charge in [0.1, 0.15) is 12.6 Å². The van der Waals surface area contributed by atoms with Gasteiger partial charge >= 0.3 is 0 Å². The van der Waals surface area contributed by atoms with E-state index >= 15 is 0 Å². The Morgan fingerprint density at radius 1 is 1.56 bits per heavy atom. The minimum atomic E-state index is -0.390. The van der Waals surface area contributed by atoms with E-state index in [-0.39, 0.29) is 18.6 Å². The molecule has 0 N–H and O–H groups in total. The highest BCUT2D eigenvalue weighted by Gasteiger charge is 2.27. The Labute approximate surface area is 110 Å². The minimum absolute atomic E-state index is 0.0720. The van der Waals surface area contributed by atoms with Gasteiger partial charge in [-0.2, -0.15) is 5.26 Å². The average molecular weight is 252 g/mol. The van der Waals surface area contributed by atoms with Gasteiger partial charge in [0.2, 0.25) is 0 Å². The number of ether oxygens (including phenoxy) is 1. The van der Waals surface area contributed by atoms with E-state index in [4.69, 9.17) is 10.00 Å². The van der Waals surface area contributed by atoms with Crippen molar-refractivity contribution in [3.63, 3.8) is 0 Å². The lowest BCUT2D eigenvalue weighted by Crippen LogP contribution is -2.40. The summed E-state index contributed by atoms with van der Waals surface area (Å²) < 4.78 is 5.94. The zero-order chi connectivity index (χ0) is 13.5. The topological polar surface area (TPSA) is 53.3 Å². The Hall–Kier alpha value is -1.08. The van der Waals surface area contributed by atoms with E-state index in [0.29, 0.717) is 12.3 Å². The van der Waals surface area contributed by atoms with Crippen LogP contribution in [0.5, 0.6) is 0 Å². The van der Waals surface area contributed by atoms with Crippen LogP contribution in [-0.4, -0.2) is 36.6 Å². The summed E-state index contributed by atoms with van der Waals surface area (Å²) >= 11 is 0. The van der Waals surface area contributed by atoms with Gasteiger partial charge in [-0.05, 0) is 25.2 Å². The first-order valence-corrected chi connectivity index (χ1v) is 6.85. The molecule has 1 saturated carbocycles. The van der Waals surface area contributed by atoms with Crippen molar-refractivity contribution in [3.05, 3.63) is 0 Å². The molecule has 4 nitrogen and oxygen atoms in total. The van der Waals surface area contributed by atoms with Crippen molar-refractivity contribution >= 4 is 5.91 Å². The number of nitriles is 1. The predicted molar refractivity (Wildman–Crippen MR) is 69.8 cm³/mol. The van der Waals surface area contributed by atoms with Crippen LogP contribution >= 0.6 is 0 Å². The summed E-state index contributed by atoms with van der Waals surface area (Å²) in [7, 11) is 1.65. The van der Waals surface area contributed by atoms with Crippen molar-refractivity contribution < 1.29 is 9.53 Å². The smallest absolute Gasteiger partial charge is 0.252 e. The number of hydrogen-bond donors (Lipinski definition) is 0. The van der Waals surface area contributed by atoms with E-state index in [0.717, 1.165) is 12.8 Å². The molecule has 18 heavy (non-hydrogen) atoms. The fourth-order valence-electron chi connectivity index (χ4n) is 2.49. The molecule has 1 amide bonds. The Balaban J connectivity index is 2.50. The SMILES string of the molecule is CC[C@H](O[C@@H]1CCC[C@H](C)C1)C(=O)N(C)CC#N. The third-order valence-electron chi connectivity index (χ3n) is 3.58. The van der Waals surface area contributed by atoms with Crippen LogP contribution in [0.3, 0.4) is 0 Å². The standard InChI is InChI=1S/C14H24N2O2/c1-4-13(14(17)16(3)9-8-15)18-12-7-5-6-11(2)10-12/h11-13H,4-7,9-10H2,1-3H3/t11-,12+,13-/m0/s1. The van der Waals surface area contributed by atoms with Crippen LogP contribution in [0, 0.1) is 17.2 Å². The Kier molecular flexibility index (Phi) is 6.14. The summed E-state index contributed by atoms with van der Waals surface area (Å²) in [5.74, 6) is 0.616. The first-order valence-electron chi connectivity index (χ1n) is 6.85. The van der Waals surface area contributed by atoms with Gasteiger partial charge in [0, 0.05) is 7.05 Å². The average Bonchev–Trinajstić information content (AvgIpc) is 2.35. The van der Waals surface area contributed by atoms with Crippen molar-refractivity contribution in [1.29, 1.82) is 5.26 Å². The molecule has 0 radical (unpaired) electrons. The van der Waals surface area contributed by atoms with E-state index in [1.807, 2.05) is 13.0 Å². The second-order valence-electron chi connectivity index (χ2n) is 5.28. The molecule has 0 aromatic carbocycles. The van der Waals surface area contributed by atoms with Crippen LogP contribution < -0.4 is 0 Å². The summed E-state index contributed by atoms with van der Waals surface area (Å²) in [4.78, 5) is 13.5. The molecule has 3 atom stereocenters. The first-order chi connectivity index (χ1) is 8.58. The summed E-state index contributed by atoms with van der Waals surface area (Å²) in [6.07, 6.45) is 5.03. The van der Waals surface area contributed by atoms with Gasteiger partial charge in [0.15, 0.2) is 0 Å². The summed E-state index contributed by atoms with van der Waals surface area (Å²) in [6.45, 7) is 4.31. The number of rotatable bonds is 5. The summed E-state index contributed by atoms with van der Waals surface area (Å²) in [5.41, 5.74) is 0. The Morgan fingerprint density at radius 2 is 2.28 bits per heavy atom. The molecule has 0 bridgehead atoms. The van der Waals surface area contributed by atoms with Crippen LogP contribution in [-0.2, 0) is 9.53 Å². The molecule has 0 saturated heterocycles. The molecule has 0 unspecified atom stereocenters. The summed E-state index contributed by atoms with van der Waals surface area (Å²) in [5, 5.41) is 8.61. The molecule has 0 spiro atoms. The molecule has 1 fully saturated rings. The zero-order valence-corrected chi connectivity index (χ0v) is 11.7. The van der Waals surface area contributed by atoms with Gasteiger partial charge in [-0.3, -0.25) is 4.79 Å². The number of carbonyl (C=O) groups excluding carboxylic acids is 1. The maximum Gasteiger partial charge on any atom is 0.252 e. The highest BCUT2D eigenvalue weighted by Crippen LogP contribution is 2.27. The zero-order valence-electron chi connectivity index (χ0n) is 11.7. The summed E-state index contributed by atoms with van der Waals surface area (Å²) in [6, 6.07) is 1.99. The molecule has 102 valence electrons. The van der Waals surface area contributed by atoms with E-state index in [1.165, 1.54) is 17.7 Å². The molecule has 0 aromatic rings. The largest absolute Gasteiger partial charge is 0.365 e. The van der Waals surface area contributed by atoms with E-state index in [9.17, 15) is 4.79 Å². The Morgan fingerprint density at radius 3 is 2.83 bits per heavy atom. The maximum absolute atomic E-state index is 12.1. The number of hydrogen-bond acceptors (Lipinski definition) is 3. The molecular weight excluding hydrogens is 228 g/mol. The van der Waals surface area contributed by atoms with Gasteiger partial charge < -0.3 is 9.64 Å². The third kappa shape index (κ3) is 4.30. The highest BCUT2D eigenvalue weighted by atomic mass is 16.5.